The molecule has 6 heteroatoms. The monoisotopic (exact) mass is 378 g/mol. The second kappa shape index (κ2) is 9.16. The topological polar surface area (TPSA) is 85.2 Å². The summed E-state index contributed by atoms with van der Waals surface area (Å²) in [6.45, 7) is 7.73. The highest BCUT2D eigenvalue weighted by molar-refractivity contribution is 5.97. The quantitative estimate of drug-likeness (QED) is 0.807. The lowest BCUT2D eigenvalue weighted by atomic mass is 10.1. The summed E-state index contributed by atoms with van der Waals surface area (Å²) < 4.78 is 0. The molecule has 0 aliphatic rings. The van der Waals surface area contributed by atoms with Crippen LogP contribution in [0.1, 0.15) is 29.2 Å². The van der Waals surface area contributed by atoms with E-state index in [2.05, 4.69) is 16.7 Å². The van der Waals surface area contributed by atoms with Crippen LogP contribution in [0, 0.1) is 32.1 Å². The van der Waals surface area contributed by atoms with Gasteiger partial charge in [-0.25, -0.2) is 0 Å². The molecule has 0 aliphatic carbocycles. The summed E-state index contributed by atoms with van der Waals surface area (Å²) in [4.78, 5) is 26.6. The van der Waals surface area contributed by atoms with Crippen LogP contribution in [-0.4, -0.2) is 36.3 Å². The molecule has 0 spiro atoms. The van der Waals surface area contributed by atoms with E-state index in [-0.39, 0.29) is 18.4 Å². The van der Waals surface area contributed by atoms with E-state index in [0.29, 0.717) is 11.3 Å². The van der Waals surface area contributed by atoms with Crippen LogP contribution in [0.15, 0.2) is 36.4 Å². The molecule has 0 bridgehead atoms. The van der Waals surface area contributed by atoms with Crippen molar-refractivity contribution in [1.29, 1.82) is 5.26 Å². The SMILES string of the molecule is Cc1cc(C)c(NC(=O)CN(C)C(C)C(=O)Nc2ccccc2C#N)c(C)c1. The van der Waals surface area contributed by atoms with Crippen LogP contribution in [0.3, 0.4) is 0 Å². The fourth-order valence-electron chi connectivity index (χ4n) is 3.05. The van der Waals surface area contributed by atoms with Gasteiger partial charge in [0.05, 0.1) is 23.8 Å². The predicted molar refractivity (Wildman–Crippen MR) is 111 cm³/mol. The molecule has 2 rings (SSSR count). The number of nitrogens with zero attached hydrogens (tertiary/aromatic N) is 2. The van der Waals surface area contributed by atoms with Gasteiger partial charge in [-0.3, -0.25) is 14.5 Å². The molecule has 1 unspecified atom stereocenters. The average molecular weight is 378 g/mol. The Bertz CT molecular complexity index is 907. The standard InChI is InChI=1S/C22H26N4O2/c1-14-10-15(2)21(16(3)11-14)25-20(27)13-26(5)17(4)22(28)24-19-9-7-6-8-18(19)12-23/h6-11,17H,13H2,1-5H3,(H,24,28)(H,25,27). The largest absolute Gasteiger partial charge is 0.324 e. The summed E-state index contributed by atoms with van der Waals surface area (Å²) in [6.07, 6.45) is 0. The third-order valence-electron chi connectivity index (χ3n) is 4.68. The van der Waals surface area contributed by atoms with Crippen LogP contribution in [0.4, 0.5) is 11.4 Å². The van der Waals surface area contributed by atoms with Crippen LogP contribution in [-0.2, 0) is 9.59 Å². The summed E-state index contributed by atoms with van der Waals surface area (Å²) in [5.74, 6) is -0.463. The Morgan fingerprint density at radius 1 is 1.11 bits per heavy atom. The molecular formula is C22H26N4O2. The Labute approximate surface area is 166 Å². The van der Waals surface area contributed by atoms with Crippen molar-refractivity contribution >= 4 is 23.2 Å². The first-order valence-corrected chi connectivity index (χ1v) is 9.11. The van der Waals surface area contributed by atoms with Crippen molar-refractivity contribution < 1.29 is 9.59 Å². The molecule has 0 saturated heterocycles. The maximum absolute atomic E-state index is 12.5. The van der Waals surface area contributed by atoms with E-state index in [4.69, 9.17) is 5.26 Å². The number of likely N-dealkylation sites (N-methyl/N-ethyl adjacent to an activating group) is 1. The van der Waals surface area contributed by atoms with Gasteiger partial charge in [0.1, 0.15) is 6.07 Å². The van der Waals surface area contributed by atoms with E-state index in [1.165, 1.54) is 0 Å². The van der Waals surface area contributed by atoms with E-state index in [1.807, 2.05) is 32.9 Å². The van der Waals surface area contributed by atoms with E-state index >= 15 is 0 Å². The van der Waals surface area contributed by atoms with Crippen molar-refractivity contribution in [2.24, 2.45) is 0 Å². The molecule has 146 valence electrons. The van der Waals surface area contributed by atoms with Crippen LogP contribution < -0.4 is 10.6 Å². The summed E-state index contributed by atoms with van der Waals surface area (Å²) in [5, 5.41) is 14.8. The van der Waals surface area contributed by atoms with E-state index in [1.54, 1.807) is 43.1 Å². The van der Waals surface area contributed by atoms with Gasteiger partial charge in [0.15, 0.2) is 0 Å². The van der Waals surface area contributed by atoms with Crippen LogP contribution in [0.2, 0.25) is 0 Å². The Morgan fingerprint density at radius 3 is 2.32 bits per heavy atom. The lowest BCUT2D eigenvalue weighted by Gasteiger charge is -2.24. The Balaban J connectivity index is 2.00. The molecule has 0 heterocycles. The maximum Gasteiger partial charge on any atom is 0.241 e. The highest BCUT2D eigenvalue weighted by atomic mass is 16.2. The second-order valence-electron chi connectivity index (χ2n) is 7.06. The molecule has 0 aromatic heterocycles. The molecule has 0 aliphatic heterocycles. The van der Waals surface area contributed by atoms with E-state index < -0.39 is 6.04 Å². The number of aryl methyl sites for hydroxylation is 3. The third kappa shape index (κ3) is 5.18. The number of carbonyl (C=O) groups excluding carboxylic acids is 2. The molecule has 6 nitrogen and oxygen atoms in total. The Hall–Kier alpha value is -3.17. The number of anilines is 2. The van der Waals surface area contributed by atoms with Gasteiger partial charge in [-0.2, -0.15) is 5.26 Å². The first-order chi connectivity index (χ1) is 13.2. The molecule has 0 fully saturated rings. The molecule has 2 amide bonds. The first kappa shape index (κ1) is 21.1. The smallest absolute Gasteiger partial charge is 0.241 e. The van der Waals surface area contributed by atoms with Gasteiger partial charge in [-0.05, 0) is 58.0 Å². The molecule has 28 heavy (non-hydrogen) atoms. The highest BCUT2D eigenvalue weighted by Gasteiger charge is 2.21. The van der Waals surface area contributed by atoms with Gasteiger partial charge >= 0.3 is 0 Å². The number of amides is 2. The zero-order valence-corrected chi connectivity index (χ0v) is 17.0. The van der Waals surface area contributed by atoms with Gasteiger partial charge in [0, 0.05) is 5.69 Å². The average Bonchev–Trinajstić information content (AvgIpc) is 2.64. The molecule has 1 atom stereocenters. The van der Waals surface area contributed by atoms with Crippen molar-refractivity contribution in [3.05, 3.63) is 58.7 Å². The van der Waals surface area contributed by atoms with Gasteiger partial charge in [0.25, 0.3) is 0 Å². The van der Waals surface area contributed by atoms with Crippen molar-refractivity contribution in [2.75, 3.05) is 24.2 Å². The number of nitrogens with one attached hydrogen (secondary N) is 2. The molecule has 2 N–H and O–H groups in total. The van der Waals surface area contributed by atoms with Crippen LogP contribution in [0.5, 0.6) is 0 Å². The molecule has 2 aromatic rings. The molecule has 0 saturated carbocycles. The first-order valence-electron chi connectivity index (χ1n) is 9.11. The minimum atomic E-state index is -0.544. The Morgan fingerprint density at radius 2 is 1.71 bits per heavy atom. The molecule has 0 radical (unpaired) electrons. The van der Waals surface area contributed by atoms with Gasteiger partial charge in [-0.1, -0.05) is 29.8 Å². The van der Waals surface area contributed by atoms with Crippen molar-refractivity contribution in [1.82, 2.24) is 4.90 Å². The lowest BCUT2D eigenvalue weighted by molar-refractivity contribution is -0.122. The predicted octanol–water partition coefficient (Wildman–Crippen LogP) is 3.38. The third-order valence-corrected chi connectivity index (χ3v) is 4.68. The fraction of sp³-hybridized carbons (Fsp3) is 0.318. The van der Waals surface area contributed by atoms with E-state index in [0.717, 1.165) is 22.4 Å². The van der Waals surface area contributed by atoms with Crippen molar-refractivity contribution in [3.63, 3.8) is 0 Å². The van der Waals surface area contributed by atoms with Gasteiger partial charge < -0.3 is 10.6 Å². The maximum atomic E-state index is 12.5. The van der Waals surface area contributed by atoms with Gasteiger partial charge in [-0.15, -0.1) is 0 Å². The number of hydrogen-bond acceptors (Lipinski definition) is 4. The summed E-state index contributed by atoms with van der Waals surface area (Å²) in [5.41, 5.74) is 4.83. The number of para-hydroxylation sites is 1. The summed E-state index contributed by atoms with van der Waals surface area (Å²) >= 11 is 0. The van der Waals surface area contributed by atoms with Crippen molar-refractivity contribution in [3.8, 4) is 6.07 Å². The molecular weight excluding hydrogens is 352 g/mol. The Kier molecular flexibility index (Phi) is 6.91. The normalized spacial score (nSPS) is 11.6. The summed E-state index contributed by atoms with van der Waals surface area (Å²) in [7, 11) is 1.72. The summed E-state index contributed by atoms with van der Waals surface area (Å²) in [6, 6.07) is 12.4. The zero-order chi connectivity index (χ0) is 20.8. The number of benzene rings is 2. The van der Waals surface area contributed by atoms with E-state index in [9.17, 15) is 9.59 Å². The highest BCUT2D eigenvalue weighted by Crippen LogP contribution is 2.22. The minimum absolute atomic E-state index is 0.0707. The lowest BCUT2D eigenvalue weighted by Crippen LogP contribution is -2.43. The number of nitriles is 1. The number of carbonyl (C=O) groups is 2. The second-order valence-corrected chi connectivity index (χ2v) is 7.06. The minimum Gasteiger partial charge on any atom is -0.324 e. The number of hydrogen-bond donors (Lipinski definition) is 2. The van der Waals surface area contributed by atoms with Crippen molar-refractivity contribution in [2.45, 2.75) is 33.7 Å². The molecule has 2 aromatic carbocycles. The van der Waals surface area contributed by atoms with Gasteiger partial charge in [0.2, 0.25) is 11.8 Å². The number of rotatable bonds is 6. The fourth-order valence-corrected chi connectivity index (χ4v) is 3.05. The zero-order valence-electron chi connectivity index (χ0n) is 17.0. The van der Waals surface area contributed by atoms with Crippen LogP contribution >= 0.6 is 0 Å². The van der Waals surface area contributed by atoms with Crippen LogP contribution in [0.25, 0.3) is 0 Å².